The molecule has 1 heterocycles. The van der Waals surface area contributed by atoms with Crippen molar-refractivity contribution in [3.63, 3.8) is 0 Å². The summed E-state index contributed by atoms with van der Waals surface area (Å²) < 4.78 is 1.72. The van der Waals surface area contributed by atoms with Crippen LogP contribution in [0.1, 0.15) is 34.2 Å². The number of rotatable bonds is 4. The Bertz CT molecular complexity index is 1070. The van der Waals surface area contributed by atoms with Crippen molar-refractivity contribution < 1.29 is 4.79 Å². The topological polar surface area (TPSA) is 51.1 Å². The lowest BCUT2D eigenvalue weighted by atomic mass is 10.0. The second-order valence-electron chi connectivity index (χ2n) is 7.36. The highest BCUT2D eigenvalue weighted by atomic mass is 16.1. The summed E-state index contributed by atoms with van der Waals surface area (Å²) in [5.41, 5.74) is 6.98. The normalized spacial score (nSPS) is 11.0. The molecule has 2 aromatic carbocycles. The Hall–Kier alpha value is -2.88. The van der Waals surface area contributed by atoms with Crippen molar-refractivity contribution in [1.82, 2.24) is 4.57 Å². The monoisotopic (exact) mass is 362 g/mol. The highest BCUT2D eigenvalue weighted by molar-refractivity contribution is 5.92. The van der Waals surface area contributed by atoms with Crippen molar-refractivity contribution >= 4 is 22.5 Å². The minimum atomic E-state index is -0.0854. The molecule has 4 heteroatoms. The van der Waals surface area contributed by atoms with Gasteiger partial charge >= 0.3 is 0 Å². The number of aromatic nitrogens is 1. The number of amides is 1. The fraction of sp³-hybridized carbons (Fsp3) is 0.304. The van der Waals surface area contributed by atoms with Gasteiger partial charge in [-0.2, -0.15) is 0 Å². The van der Waals surface area contributed by atoms with Crippen LogP contribution >= 0.6 is 0 Å². The van der Waals surface area contributed by atoms with Crippen LogP contribution in [0.25, 0.3) is 10.9 Å². The summed E-state index contributed by atoms with van der Waals surface area (Å²) in [5.74, 6) is -0.0854. The number of anilines is 1. The van der Waals surface area contributed by atoms with Crippen molar-refractivity contribution in [2.45, 2.75) is 47.6 Å². The number of pyridine rings is 1. The molecule has 0 saturated heterocycles. The molecular formula is C23H26N2O2. The molecule has 0 radical (unpaired) electrons. The summed E-state index contributed by atoms with van der Waals surface area (Å²) in [7, 11) is 0. The van der Waals surface area contributed by atoms with E-state index in [4.69, 9.17) is 0 Å². The van der Waals surface area contributed by atoms with E-state index in [1.54, 1.807) is 10.6 Å². The van der Waals surface area contributed by atoms with Crippen molar-refractivity contribution in [3.8, 4) is 0 Å². The largest absolute Gasteiger partial charge is 0.326 e. The van der Waals surface area contributed by atoms with Crippen LogP contribution in [0.2, 0.25) is 0 Å². The Balaban J connectivity index is 1.89. The third-order valence-electron chi connectivity index (χ3n) is 5.05. The van der Waals surface area contributed by atoms with Crippen LogP contribution in [0.5, 0.6) is 0 Å². The fourth-order valence-electron chi connectivity index (χ4n) is 3.72. The third kappa shape index (κ3) is 3.80. The van der Waals surface area contributed by atoms with Gasteiger partial charge in [-0.05, 0) is 62.9 Å². The zero-order valence-electron chi connectivity index (χ0n) is 16.6. The predicted molar refractivity (Wildman–Crippen MR) is 112 cm³/mol. The molecule has 0 saturated carbocycles. The number of hydrogen-bond donors (Lipinski definition) is 1. The average molecular weight is 362 g/mol. The number of nitrogens with one attached hydrogen (secondary N) is 1. The van der Waals surface area contributed by atoms with Crippen LogP contribution in [-0.4, -0.2) is 10.5 Å². The van der Waals surface area contributed by atoms with Gasteiger partial charge in [-0.1, -0.05) is 29.8 Å². The number of hydrogen-bond acceptors (Lipinski definition) is 2. The van der Waals surface area contributed by atoms with Crippen LogP contribution in [0, 0.1) is 34.6 Å². The summed E-state index contributed by atoms with van der Waals surface area (Å²) in [6.45, 7) is 10.3. The number of fused-ring (bicyclic) bond motifs is 1. The van der Waals surface area contributed by atoms with Crippen LogP contribution in [0.4, 0.5) is 5.69 Å². The van der Waals surface area contributed by atoms with Crippen molar-refractivity contribution in [2.75, 3.05) is 5.32 Å². The molecule has 0 aliphatic rings. The second kappa shape index (κ2) is 7.39. The molecule has 0 bridgehead atoms. The maximum Gasteiger partial charge on any atom is 0.251 e. The fourth-order valence-corrected chi connectivity index (χ4v) is 3.72. The summed E-state index contributed by atoms with van der Waals surface area (Å²) in [6, 6.07) is 11.8. The lowest BCUT2D eigenvalue weighted by molar-refractivity contribution is -0.116. The van der Waals surface area contributed by atoms with Gasteiger partial charge in [-0.3, -0.25) is 9.59 Å². The van der Waals surface area contributed by atoms with E-state index < -0.39 is 0 Å². The Morgan fingerprint density at radius 1 is 0.926 bits per heavy atom. The van der Waals surface area contributed by atoms with E-state index in [9.17, 15) is 9.59 Å². The predicted octanol–water partition coefficient (Wildman–Crippen LogP) is 4.57. The summed E-state index contributed by atoms with van der Waals surface area (Å²) >= 11 is 0. The maximum atomic E-state index is 12.6. The number of para-hydroxylation sites is 1. The second-order valence-corrected chi connectivity index (χ2v) is 7.36. The molecule has 140 valence electrons. The van der Waals surface area contributed by atoms with E-state index in [1.165, 1.54) is 5.56 Å². The molecule has 0 aliphatic heterocycles. The van der Waals surface area contributed by atoms with Crippen LogP contribution in [0.3, 0.4) is 0 Å². The van der Waals surface area contributed by atoms with E-state index in [0.29, 0.717) is 6.54 Å². The minimum absolute atomic E-state index is 0.0631. The van der Waals surface area contributed by atoms with E-state index in [2.05, 4.69) is 24.4 Å². The summed E-state index contributed by atoms with van der Waals surface area (Å²) in [6.07, 6.45) is 0.249. The quantitative estimate of drug-likeness (QED) is 0.739. The SMILES string of the molecule is Cc1cc(C)c2c(c1)c(C)cc(=O)n2CCC(=O)Nc1c(C)cccc1C. The number of carbonyl (C=O) groups excluding carboxylic acids is 1. The Labute approximate surface area is 159 Å². The first-order chi connectivity index (χ1) is 12.8. The van der Waals surface area contributed by atoms with Gasteiger partial charge in [0.25, 0.3) is 5.56 Å². The molecule has 1 amide bonds. The lowest BCUT2D eigenvalue weighted by Gasteiger charge is -2.16. The number of benzene rings is 2. The molecule has 3 aromatic rings. The van der Waals surface area contributed by atoms with Gasteiger partial charge in [0.1, 0.15) is 0 Å². The number of nitrogens with zero attached hydrogens (tertiary/aromatic N) is 1. The van der Waals surface area contributed by atoms with Gasteiger partial charge < -0.3 is 9.88 Å². The van der Waals surface area contributed by atoms with Crippen molar-refractivity contribution in [3.05, 3.63) is 74.6 Å². The molecule has 0 fully saturated rings. The Kier molecular flexibility index (Phi) is 5.17. The van der Waals surface area contributed by atoms with Gasteiger partial charge in [0, 0.05) is 30.1 Å². The molecule has 4 nitrogen and oxygen atoms in total. The Morgan fingerprint density at radius 3 is 2.26 bits per heavy atom. The van der Waals surface area contributed by atoms with Gasteiger partial charge in [-0.15, -0.1) is 0 Å². The van der Waals surface area contributed by atoms with E-state index in [-0.39, 0.29) is 17.9 Å². The van der Waals surface area contributed by atoms with Crippen LogP contribution in [0.15, 0.2) is 41.2 Å². The first kappa shape index (κ1) is 18.9. The standard InChI is InChI=1S/C23H26N2O2/c1-14-11-18(5)23-19(12-14)17(4)13-21(27)25(23)10-9-20(26)24-22-15(2)7-6-8-16(22)3/h6-8,11-13H,9-10H2,1-5H3,(H,24,26). The number of carbonyl (C=O) groups is 1. The summed E-state index contributed by atoms with van der Waals surface area (Å²) in [4.78, 5) is 25.1. The summed E-state index contributed by atoms with van der Waals surface area (Å²) in [5, 5.41) is 4.07. The lowest BCUT2D eigenvalue weighted by Crippen LogP contribution is -2.24. The van der Waals surface area contributed by atoms with Crippen molar-refractivity contribution in [2.24, 2.45) is 0 Å². The van der Waals surface area contributed by atoms with E-state index in [0.717, 1.165) is 38.8 Å². The molecule has 0 aliphatic carbocycles. The zero-order valence-corrected chi connectivity index (χ0v) is 16.6. The van der Waals surface area contributed by atoms with Gasteiger partial charge in [0.2, 0.25) is 5.91 Å². The Morgan fingerprint density at radius 2 is 1.59 bits per heavy atom. The molecule has 27 heavy (non-hydrogen) atoms. The first-order valence-corrected chi connectivity index (χ1v) is 9.25. The van der Waals surface area contributed by atoms with E-state index in [1.807, 2.05) is 45.9 Å². The van der Waals surface area contributed by atoms with Crippen LogP contribution < -0.4 is 10.9 Å². The highest BCUT2D eigenvalue weighted by Gasteiger charge is 2.12. The molecule has 1 aromatic heterocycles. The van der Waals surface area contributed by atoms with Gasteiger partial charge in [0.15, 0.2) is 0 Å². The zero-order chi connectivity index (χ0) is 19.7. The van der Waals surface area contributed by atoms with Gasteiger partial charge in [0.05, 0.1) is 5.52 Å². The number of aryl methyl sites for hydroxylation is 6. The third-order valence-corrected chi connectivity index (χ3v) is 5.05. The molecule has 1 N–H and O–H groups in total. The molecular weight excluding hydrogens is 336 g/mol. The van der Waals surface area contributed by atoms with Crippen molar-refractivity contribution in [1.29, 1.82) is 0 Å². The molecule has 0 spiro atoms. The highest BCUT2D eigenvalue weighted by Crippen LogP contribution is 2.23. The average Bonchev–Trinajstić information content (AvgIpc) is 2.58. The maximum absolute atomic E-state index is 12.6. The molecule has 3 rings (SSSR count). The van der Waals surface area contributed by atoms with Crippen LogP contribution in [-0.2, 0) is 11.3 Å². The van der Waals surface area contributed by atoms with E-state index >= 15 is 0 Å². The smallest absolute Gasteiger partial charge is 0.251 e. The van der Waals surface area contributed by atoms with Gasteiger partial charge in [-0.25, -0.2) is 0 Å². The molecule has 0 unspecified atom stereocenters. The minimum Gasteiger partial charge on any atom is -0.326 e. The first-order valence-electron chi connectivity index (χ1n) is 9.25. The molecule has 0 atom stereocenters.